The fraction of sp³-hybridized carbons (Fsp3) is 0.333. The lowest BCUT2D eigenvalue weighted by Gasteiger charge is -2.08. The van der Waals surface area contributed by atoms with Gasteiger partial charge in [0.05, 0.1) is 9.95 Å². The lowest BCUT2D eigenvalue weighted by atomic mass is 10.1. The highest BCUT2D eigenvalue weighted by Gasteiger charge is 2.35. The van der Waals surface area contributed by atoms with E-state index in [0.717, 1.165) is 16.4 Å². The molecular weight excluding hydrogens is 330 g/mol. The molecule has 1 saturated carbocycles. The van der Waals surface area contributed by atoms with Crippen molar-refractivity contribution in [3.8, 4) is 0 Å². The van der Waals surface area contributed by atoms with E-state index >= 15 is 0 Å². The van der Waals surface area contributed by atoms with Crippen molar-refractivity contribution in [1.29, 1.82) is 0 Å². The molecule has 0 heterocycles. The van der Waals surface area contributed by atoms with Gasteiger partial charge in [-0.1, -0.05) is 11.6 Å². The molecule has 4 nitrogen and oxygen atoms in total. The first kappa shape index (κ1) is 10.9. The Morgan fingerprint density at radius 1 is 1.60 bits per heavy atom. The second-order valence-electron chi connectivity index (χ2n) is 3.56. The van der Waals surface area contributed by atoms with Gasteiger partial charge < -0.3 is 5.73 Å². The van der Waals surface area contributed by atoms with Gasteiger partial charge >= 0.3 is 0 Å². The second kappa shape index (κ2) is 3.79. The summed E-state index contributed by atoms with van der Waals surface area (Å²) in [5.74, 6) is 0.262. The molecule has 0 spiro atoms. The summed E-state index contributed by atoms with van der Waals surface area (Å²) in [6.07, 6.45) is 1.97. The molecule has 1 aromatic carbocycles. The summed E-state index contributed by atoms with van der Waals surface area (Å²) >= 11 is 8.00. The van der Waals surface area contributed by atoms with Crippen LogP contribution in [0.5, 0.6) is 0 Å². The quantitative estimate of drug-likeness (QED) is 0.389. The third-order valence-corrected chi connectivity index (χ3v) is 4.20. The van der Waals surface area contributed by atoms with Crippen molar-refractivity contribution in [3.63, 3.8) is 0 Å². The maximum atomic E-state index is 10.9. The molecular formula is C9H8ClIN2O2. The number of nitrogens with zero attached hydrogens (tertiary/aromatic N) is 1. The molecule has 0 radical (unpaired) electrons. The highest BCUT2D eigenvalue weighted by Crippen LogP contribution is 2.49. The third-order valence-electron chi connectivity index (χ3n) is 2.43. The number of anilines is 1. The fourth-order valence-electron chi connectivity index (χ4n) is 1.60. The summed E-state index contributed by atoms with van der Waals surface area (Å²) < 4.78 is 0.762. The Labute approximate surface area is 105 Å². The van der Waals surface area contributed by atoms with E-state index in [1.807, 2.05) is 22.6 Å². The predicted octanol–water partition coefficient (Wildman–Crippen LogP) is 3.31. The summed E-state index contributed by atoms with van der Waals surface area (Å²) in [4.78, 5) is 10.5. The molecule has 1 aromatic rings. The van der Waals surface area contributed by atoms with E-state index in [4.69, 9.17) is 17.3 Å². The van der Waals surface area contributed by atoms with E-state index < -0.39 is 4.92 Å². The molecule has 2 N–H and O–H groups in total. The number of halogens is 2. The lowest BCUT2D eigenvalue weighted by molar-refractivity contribution is -0.384. The van der Waals surface area contributed by atoms with Crippen LogP contribution in [0.15, 0.2) is 6.07 Å². The minimum absolute atomic E-state index is 0.0336. The molecule has 1 aliphatic rings. The molecule has 15 heavy (non-hydrogen) atoms. The molecule has 0 bridgehead atoms. The van der Waals surface area contributed by atoms with Gasteiger partial charge in [-0.3, -0.25) is 10.1 Å². The monoisotopic (exact) mass is 338 g/mol. The van der Waals surface area contributed by atoms with Crippen molar-refractivity contribution in [2.45, 2.75) is 18.8 Å². The summed E-state index contributed by atoms with van der Waals surface area (Å²) in [6.45, 7) is 0. The molecule has 1 fully saturated rings. The Bertz CT molecular complexity index is 446. The van der Waals surface area contributed by atoms with E-state index in [1.165, 1.54) is 6.07 Å². The Morgan fingerprint density at radius 2 is 2.20 bits per heavy atom. The van der Waals surface area contributed by atoms with Crippen molar-refractivity contribution in [3.05, 3.63) is 30.3 Å². The molecule has 0 aromatic heterocycles. The topological polar surface area (TPSA) is 69.2 Å². The van der Waals surface area contributed by atoms with Gasteiger partial charge in [0.1, 0.15) is 5.69 Å². The van der Waals surface area contributed by atoms with Crippen LogP contribution in [-0.4, -0.2) is 4.92 Å². The van der Waals surface area contributed by atoms with Crippen LogP contribution >= 0.6 is 34.2 Å². The number of nitro benzene ring substituents is 1. The van der Waals surface area contributed by atoms with Crippen molar-refractivity contribution in [2.75, 3.05) is 5.73 Å². The second-order valence-corrected chi connectivity index (χ2v) is 5.04. The summed E-state index contributed by atoms with van der Waals surface area (Å²) in [6, 6.07) is 1.45. The number of hydrogen-bond acceptors (Lipinski definition) is 3. The average Bonchev–Trinajstić information content (AvgIpc) is 2.93. The maximum absolute atomic E-state index is 10.9. The predicted molar refractivity (Wildman–Crippen MR) is 67.2 cm³/mol. The van der Waals surface area contributed by atoms with Gasteiger partial charge in [-0.15, -0.1) is 0 Å². The van der Waals surface area contributed by atoms with Gasteiger partial charge in [0.15, 0.2) is 0 Å². The molecule has 1 aliphatic carbocycles. The van der Waals surface area contributed by atoms with Gasteiger partial charge in [0.25, 0.3) is 5.69 Å². The first-order chi connectivity index (χ1) is 7.02. The Kier molecular flexibility index (Phi) is 2.76. The molecule has 0 atom stereocenters. The Hall–Kier alpha value is -0.560. The first-order valence-electron chi connectivity index (χ1n) is 4.44. The van der Waals surface area contributed by atoms with Crippen LogP contribution < -0.4 is 5.73 Å². The van der Waals surface area contributed by atoms with Crippen LogP contribution in [0.25, 0.3) is 0 Å². The largest absolute Gasteiger partial charge is 0.393 e. The fourth-order valence-corrected chi connectivity index (χ4v) is 2.68. The van der Waals surface area contributed by atoms with Gasteiger partial charge in [-0.25, -0.2) is 0 Å². The molecule has 0 unspecified atom stereocenters. The van der Waals surface area contributed by atoms with Crippen LogP contribution in [0, 0.1) is 13.7 Å². The first-order valence-corrected chi connectivity index (χ1v) is 5.89. The summed E-state index contributed by atoms with van der Waals surface area (Å²) in [7, 11) is 0. The third kappa shape index (κ3) is 1.90. The van der Waals surface area contributed by atoms with Gasteiger partial charge in [0, 0.05) is 9.13 Å². The van der Waals surface area contributed by atoms with Crippen LogP contribution in [0.4, 0.5) is 11.4 Å². The molecule has 0 saturated heterocycles. The smallest absolute Gasteiger partial charge is 0.296 e. The van der Waals surface area contributed by atoms with Crippen LogP contribution in [0.3, 0.4) is 0 Å². The molecule has 0 aliphatic heterocycles. The molecule has 0 amide bonds. The van der Waals surface area contributed by atoms with Crippen LogP contribution in [0.1, 0.15) is 24.3 Å². The zero-order valence-electron chi connectivity index (χ0n) is 7.67. The van der Waals surface area contributed by atoms with Crippen molar-refractivity contribution < 1.29 is 4.92 Å². The SMILES string of the molecule is Nc1cc(Cl)c(I)c(C2CC2)c1[N+](=O)[O-]. The number of hydrogen-bond donors (Lipinski definition) is 1. The van der Waals surface area contributed by atoms with Crippen molar-refractivity contribution >= 4 is 45.6 Å². The molecule has 6 heteroatoms. The van der Waals surface area contributed by atoms with E-state index in [0.29, 0.717) is 10.6 Å². The number of nitrogens with two attached hydrogens (primary N) is 1. The minimum Gasteiger partial charge on any atom is -0.393 e. The van der Waals surface area contributed by atoms with Gasteiger partial charge in [-0.05, 0) is 47.4 Å². The average molecular weight is 339 g/mol. The zero-order chi connectivity index (χ0) is 11.2. The van der Waals surface area contributed by atoms with Gasteiger partial charge in [-0.2, -0.15) is 0 Å². The highest BCUT2D eigenvalue weighted by atomic mass is 127. The van der Waals surface area contributed by atoms with E-state index in [2.05, 4.69) is 0 Å². The summed E-state index contributed by atoms with van der Waals surface area (Å²) in [5.41, 5.74) is 6.53. The Balaban J connectivity index is 2.69. The Morgan fingerprint density at radius 3 is 2.67 bits per heavy atom. The highest BCUT2D eigenvalue weighted by molar-refractivity contribution is 14.1. The minimum atomic E-state index is -0.415. The van der Waals surface area contributed by atoms with E-state index in [-0.39, 0.29) is 17.3 Å². The van der Waals surface area contributed by atoms with E-state index in [1.54, 1.807) is 0 Å². The van der Waals surface area contributed by atoms with Crippen molar-refractivity contribution in [2.24, 2.45) is 0 Å². The number of nitrogen functional groups attached to an aromatic ring is 1. The summed E-state index contributed by atoms with van der Waals surface area (Å²) in [5, 5.41) is 11.4. The molecule has 80 valence electrons. The lowest BCUT2D eigenvalue weighted by Crippen LogP contribution is -2.02. The maximum Gasteiger partial charge on any atom is 0.296 e. The normalized spacial score (nSPS) is 15.3. The van der Waals surface area contributed by atoms with Crippen LogP contribution in [0.2, 0.25) is 5.02 Å². The van der Waals surface area contributed by atoms with Gasteiger partial charge in [0.2, 0.25) is 0 Å². The number of benzene rings is 1. The standard InChI is InChI=1S/C9H8ClIN2O2/c10-5-3-6(12)9(13(14)15)7(8(5)11)4-1-2-4/h3-4H,1-2,12H2. The van der Waals surface area contributed by atoms with Crippen molar-refractivity contribution in [1.82, 2.24) is 0 Å². The number of rotatable bonds is 2. The number of nitro groups is 1. The van der Waals surface area contributed by atoms with E-state index in [9.17, 15) is 10.1 Å². The zero-order valence-corrected chi connectivity index (χ0v) is 10.6. The molecule has 2 rings (SSSR count). The van der Waals surface area contributed by atoms with Crippen LogP contribution in [-0.2, 0) is 0 Å².